The number of benzene rings is 1. The van der Waals surface area contributed by atoms with Gasteiger partial charge in [0.05, 0.1) is 5.52 Å². The van der Waals surface area contributed by atoms with Crippen LogP contribution in [-0.2, 0) is 0 Å². The molecule has 2 rings (SSSR count). The third kappa shape index (κ3) is 1.71. The molecule has 0 fully saturated rings. The van der Waals surface area contributed by atoms with Crippen LogP contribution in [-0.4, -0.2) is 11.6 Å². The van der Waals surface area contributed by atoms with Crippen molar-refractivity contribution in [2.45, 2.75) is 6.92 Å². The number of nitrogens with zero attached hydrogens (tertiary/aromatic N) is 1. The second-order valence-corrected chi connectivity index (χ2v) is 4.19. The molecule has 0 N–H and O–H groups in total. The van der Waals surface area contributed by atoms with Gasteiger partial charge in [-0.2, -0.15) is 0 Å². The molecule has 0 spiro atoms. The van der Waals surface area contributed by atoms with Crippen molar-refractivity contribution in [3.63, 3.8) is 0 Å². The lowest BCUT2D eigenvalue weighted by Gasteiger charge is -2.01. The molecular formula is C11H12NP. The van der Waals surface area contributed by atoms with Crippen LogP contribution in [0.3, 0.4) is 0 Å². The zero-order valence-electron chi connectivity index (χ0n) is 7.83. The van der Waals surface area contributed by atoms with Crippen molar-refractivity contribution >= 4 is 24.8 Å². The molecule has 1 aromatic heterocycles. The first-order valence-electron chi connectivity index (χ1n) is 4.35. The SMILES string of the molecule is CPc1ccc2nc(C)ccc2c1. The van der Waals surface area contributed by atoms with Crippen LogP contribution < -0.4 is 5.30 Å². The highest BCUT2D eigenvalue weighted by atomic mass is 31.1. The van der Waals surface area contributed by atoms with Crippen molar-refractivity contribution in [2.75, 3.05) is 6.66 Å². The summed E-state index contributed by atoms with van der Waals surface area (Å²) < 4.78 is 0. The van der Waals surface area contributed by atoms with Gasteiger partial charge in [-0.05, 0) is 37.1 Å². The molecular weight excluding hydrogens is 177 g/mol. The van der Waals surface area contributed by atoms with Crippen molar-refractivity contribution in [1.82, 2.24) is 4.98 Å². The van der Waals surface area contributed by atoms with Gasteiger partial charge in [0, 0.05) is 11.1 Å². The molecule has 0 aliphatic carbocycles. The molecule has 1 heterocycles. The van der Waals surface area contributed by atoms with Crippen molar-refractivity contribution in [2.24, 2.45) is 0 Å². The summed E-state index contributed by atoms with van der Waals surface area (Å²) in [6.07, 6.45) is 0. The monoisotopic (exact) mass is 189 g/mol. The number of pyridine rings is 1. The maximum atomic E-state index is 4.45. The average Bonchev–Trinajstić information content (AvgIpc) is 2.17. The van der Waals surface area contributed by atoms with Gasteiger partial charge >= 0.3 is 0 Å². The van der Waals surface area contributed by atoms with Gasteiger partial charge in [-0.1, -0.05) is 20.7 Å². The van der Waals surface area contributed by atoms with Crippen LogP contribution in [0.15, 0.2) is 30.3 Å². The van der Waals surface area contributed by atoms with Crippen molar-refractivity contribution in [3.8, 4) is 0 Å². The van der Waals surface area contributed by atoms with Crippen molar-refractivity contribution in [1.29, 1.82) is 0 Å². The third-order valence-electron chi connectivity index (χ3n) is 2.12. The van der Waals surface area contributed by atoms with Crippen LogP contribution in [0.25, 0.3) is 10.9 Å². The molecule has 1 atom stereocenters. The Morgan fingerprint density at radius 1 is 1.15 bits per heavy atom. The minimum atomic E-state index is 0.863. The Bertz CT molecular complexity index is 437. The third-order valence-corrected chi connectivity index (χ3v) is 3.01. The highest BCUT2D eigenvalue weighted by molar-refractivity contribution is 7.46. The molecule has 1 unspecified atom stereocenters. The van der Waals surface area contributed by atoms with Gasteiger partial charge in [-0.3, -0.25) is 4.98 Å². The van der Waals surface area contributed by atoms with E-state index in [4.69, 9.17) is 0 Å². The van der Waals surface area contributed by atoms with Crippen LogP contribution >= 0.6 is 8.58 Å². The van der Waals surface area contributed by atoms with E-state index in [0.29, 0.717) is 0 Å². The molecule has 0 aliphatic heterocycles. The van der Waals surface area contributed by atoms with Crippen molar-refractivity contribution < 1.29 is 0 Å². The normalized spacial score (nSPS) is 11.5. The van der Waals surface area contributed by atoms with Gasteiger partial charge in [0.2, 0.25) is 0 Å². The quantitative estimate of drug-likeness (QED) is 0.628. The summed E-state index contributed by atoms with van der Waals surface area (Å²) >= 11 is 0. The van der Waals surface area contributed by atoms with E-state index in [1.807, 2.05) is 6.92 Å². The molecule has 0 saturated carbocycles. The smallest absolute Gasteiger partial charge is 0.0705 e. The maximum absolute atomic E-state index is 4.45. The Labute approximate surface area is 80.0 Å². The van der Waals surface area contributed by atoms with E-state index in [-0.39, 0.29) is 0 Å². The summed E-state index contributed by atoms with van der Waals surface area (Å²) in [5.74, 6) is 0. The Morgan fingerprint density at radius 3 is 2.77 bits per heavy atom. The minimum Gasteiger partial charge on any atom is -0.253 e. The van der Waals surface area contributed by atoms with E-state index in [2.05, 4.69) is 42.0 Å². The van der Waals surface area contributed by atoms with E-state index in [9.17, 15) is 0 Å². The second kappa shape index (κ2) is 3.43. The van der Waals surface area contributed by atoms with E-state index >= 15 is 0 Å². The van der Waals surface area contributed by atoms with E-state index in [1.165, 1.54) is 10.7 Å². The molecule has 2 heteroatoms. The fourth-order valence-corrected chi connectivity index (χ4v) is 1.93. The number of fused-ring (bicyclic) bond motifs is 1. The molecule has 0 amide bonds. The Hall–Kier alpha value is -0.940. The molecule has 1 aromatic carbocycles. The van der Waals surface area contributed by atoms with Gasteiger partial charge in [0.25, 0.3) is 0 Å². The van der Waals surface area contributed by atoms with E-state index in [1.54, 1.807) is 0 Å². The fraction of sp³-hybridized carbons (Fsp3) is 0.182. The molecule has 13 heavy (non-hydrogen) atoms. The second-order valence-electron chi connectivity index (χ2n) is 3.11. The lowest BCUT2D eigenvalue weighted by molar-refractivity contribution is 1.26. The zero-order valence-corrected chi connectivity index (χ0v) is 8.83. The number of aromatic nitrogens is 1. The number of hydrogen-bond acceptors (Lipinski definition) is 1. The van der Waals surface area contributed by atoms with Gasteiger partial charge < -0.3 is 0 Å². The largest absolute Gasteiger partial charge is 0.253 e. The molecule has 2 aromatic rings. The fourth-order valence-electron chi connectivity index (χ4n) is 1.38. The number of rotatable bonds is 1. The first-order chi connectivity index (χ1) is 6.29. The van der Waals surface area contributed by atoms with Gasteiger partial charge in [0.15, 0.2) is 0 Å². The molecule has 0 aliphatic rings. The Morgan fingerprint density at radius 2 is 2.00 bits per heavy atom. The maximum Gasteiger partial charge on any atom is 0.0705 e. The summed E-state index contributed by atoms with van der Waals surface area (Å²) in [4.78, 5) is 4.45. The summed E-state index contributed by atoms with van der Waals surface area (Å²) in [5.41, 5.74) is 2.18. The number of aryl methyl sites for hydroxylation is 1. The van der Waals surface area contributed by atoms with Crippen LogP contribution in [0.1, 0.15) is 5.69 Å². The minimum absolute atomic E-state index is 0.863. The van der Waals surface area contributed by atoms with Crippen molar-refractivity contribution in [3.05, 3.63) is 36.0 Å². The molecule has 0 radical (unpaired) electrons. The summed E-state index contributed by atoms with van der Waals surface area (Å²) in [6, 6.07) is 10.7. The highest BCUT2D eigenvalue weighted by Gasteiger charge is 1.95. The van der Waals surface area contributed by atoms with Gasteiger partial charge in [-0.25, -0.2) is 0 Å². The first kappa shape index (κ1) is 8.65. The van der Waals surface area contributed by atoms with E-state index < -0.39 is 0 Å². The van der Waals surface area contributed by atoms with Crippen LogP contribution in [0, 0.1) is 6.92 Å². The lowest BCUT2D eigenvalue weighted by atomic mass is 10.2. The molecule has 66 valence electrons. The summed E-state index contributed by atoms with van der Waals surface area (Å²) in [5, 5.41) is 2.65. The van der Waals surface area contributed by atoms with Gasteiger partial charge in [0.1, 0.15) is 0 Å². The predicted molar refractivity (Wildman–Crippen MR) is 60.4 cm³/mol. The predicted octanol–water partition coefficient (Wildman–Crippen LogP) is 2.48. The van der Waals surface area contributed by atoms with Crippen LogP contribution in [0.5, 0.6) is 0 Å². The van der Waals surface area contributed by atoms with Crippen LogP contribution in [0.2, 0.25) is 0 Å². The summed E-state index contributed by atoms with van der Waals surface area (Å²) in [6.45, 7) is 4.22. The zero-order chi connectivity index (χ0) is 9.26. The molecule has 0 saturated heterocycles. The van der Waals surface area contributed by atoms with Gasteiger partial charge in [-0.15, -0.1) is 0 Å². The highest BCUT2D eigenvalue weighted by Crippen LogP contribution is 2.13. The molecule has 0 bridgehead atoms. The Kier molecular flexibility index (Phi) is 2.28. The molecule has 1 nitrogen and oxygen atoms in total. The number of hydrogen-bond donors (Lipinski definition) is 0. The Balaban J connectivity index is 2.66. The average molecular weight is 189 g/mol. The van der Waals surface area contributed by atoms with Crippen LogP contribution in [0.4, 0.5) is 0 Å². The topological polar surface area (TPSA) is 12.9 Å². The lowest BCUT2D eigenvalue weighted by Crippen LogP contribution is -1.93. The first-order valence-corrected chi connectivity index (χ1v) is 5.85. The van der Waals surface area contributed by atoms with E-state index in [0.717, 1.165) is 19.8 Å². The standard InChI is InChI=1S/C11H12NP/c1-8-3-4-9-7-10(13-2)5-6-11(9)12-8/h3-7,13H,1-2H3. The summed E-state index contributed by atoms with van der Waals surface area (Å²) in [7, 11) is 0.863.